The summed E-state index contributed by atoms with van der Waals surface area (Å²) in [6, 6.07) is 2.19. The van der Waals surface area contributed by atoms with Crippen LogP contribution in [0.1, 0.15) is 18.3 Å². The summed E-state index contributed by atoms with van der Waals surface area (Å²) in [6.45, 7) is 5.14. The van der Waals surface area contributed by atoms with E-state index in [4.69, 9.17) is 11.6 Å². The van der Waals surface area contributed by atoms with Gasteiger partial charge in [0.1, 0.15) is 0 Å². The maximum atomic E-state index is 6.28. The summed E-state index contributed by atoms with van der Waals surface area (Å²) < 4.78 is 2.10. The van der Waals surface area contributed by atoms with Crippen molar-refractivity contribution in [1.29, 1.82) is 0 Å². The van der Waals surface area contributed by atoms with Crippen LogP contribution in [0.4, 0.5) is 0 Å². The number of thioether (sulfide) groups is 1. The van der Waals surface area contributed by atoms with Crippen LogP contribution in [0.25, 0.3) is 0 Å². The van der Waals surface area contributed by atoms with Crippen LogP contribution in [-0.4, -0.2) is 26.7 Å². The molecule has 0 saturated carbocycles. The molecule has 1 saturated heterocycles. The van der Waals surface area contributed by atoms with Crippen LogP contribution in [0.5, 0.6) is 0 Å². The first kappa shape index (κ1) is 11.3. The minimum absolute atomic E-state index is 0.343. The quantitative estimate of drug-likeness (QED) is 0.761. The van der Waals surface area contributed by atoms with Crippen molar-refractivity contribution in [3.05, 3.63) is 17.5 Å². The molecule has 1 aromatic heterocycles. The van der Waals surface area contributed by atoms with Gasteiger partial charge in [0.2, 0.25) is 0 Å². The Morgan fingerprint density at radius 1 is 1.60 bits per heavy atom. The SMILES string of the molecule is CCn1nc(C)cc1CC1CSCC1Cl. The fourth-order valence-corrected chi connectivity index (χ4v) is 3.90. The maximum absolute atomic E-state index is 6.28. The summed E-state index contributed by atoms with van der Waals surface area (Å²) in [4.78, 5) is 0. The molecule has 2 nitrogen and oxygen atoms in total. The van der Waals surface area contributed by atoms with Gasteiger partial charge in [-0.25, -0.2) is 0 Å². The topological polar surface area (TPSA) is 17.8 Å². The van der Waals surface area contributed by atoms with Gasteiger partial charge in [-0.05, 0) is 38.0 Å². The van der Waals surface area contributed by atoms with Gasteiger partial charge in [-0.3, -0.25) is 4.68 Å². The first-order chi connectivity index (χ1) is 7.20. The highest BCUT2D eigenvalue weighted by atomic mass is 35.5. The summed E-state index contributed by atoms with van der Waals surface area (Å²) >= 11 is 8.25. The van der Waals surface area contributed by atoms with Crippen LogP contribution < -0.4 is 0 Å². The first-order valence-electron chi connectivity index (χ1n) is 5.46. The van der Waals surface area contributed by atoms with E-state index in [0.717, 1.165) is 24.4 Å². The van der Waals surface area contributed by atoms with E-state index in [-0.39, 0.29) is 0 Å². The second kappa shape index (κ2) is 4.79. The third-order valence-electron chi connectivity index (χ3n) is 2.88. The number of aryl methyl sites for hydroxylation is 2. The van der Waals surface area contributed by atoms with Gasteiger partial charge in [0, 0.05) is 23.4 Å². The lowest BCUT2D eigenvalue weighted by Gasteiger charge is -2.13. The summed E-state index contributed by atoms with van der Waals surface area (Å²) in [5, 5.41) is 4.81. The van der Waals surface area contributed by atoms with Crippen LogP contribution in [-0.2, 0) is 13.0 Å². The van der Waals surface area contributed by atoms with Gasteiger partial charge in [0.05, 0.1) is 5.69 Å². The van der Waals surface area contributed by atoms with Gasteiger partial charge in [0.15, 0.2) is 0 Å². The molecule has 0 aliphatic carbocycles. The summed E-state index contributed by atoms with van der Waals surface area (Å²) in [7, 11) is 0. The Balaban J connectivity index is 2.09. The normalized spacial score (nSPS) is 26.1. The van der Waals surface area contributed by atoms with Crippen molar-refractivity contribution in [2.75, 3.05) is 11.5 Å². The van der Waals surface area contributed by atoms with Gasteiger partial charge < -0.3 is 0 Å². The molecule has 15 heavy (non-hydrogen) atoms. The smallest absolute Gasteiger partial charge is 0.0596 e. The Kier molecular flexibility index (Phi) is 3.62. The van der Waals surface area contributed by atoms with Crippen LogP contribution in [0.2, 0.25) is 0 Å². The van der Waals surface area contributed by atoms with Crippen molar-refractivity contribution in [3.63, 3.8) is 0 Å². The van der Waals surface area contributed by atoms with Crippen LogP contribution in [0, 0.1) is 12.8 Å². The van der Waals surface area contributed by atoms with Crippen molar-refractivity contribution < 1.29 is 0 Å². The van der Waals surface area contributed by atoms with E-state index in [2.05, 4.69) is 29.7 Å². The largest absolute Gasteiger partial charge is 0.270 e. The molecule has 1 aliphatic rings. The number of aromatic nitrogens is 2. The zero-order chi connectivity index (χ0) is 10.8. The van der Waals surface area contributed by atoms with E-state index >= 15 is 0 Å². The highest BCUT2D eigenvalue weighted by molar-refractivity contribution is 7.99. The highest BCUT2D eigenvalue weighted by Gasteiger charge is 2.26. The number of hydrogen-bond donors (Lipinski definition) is 0. The molecular weight excluding hydrogens is 228 g/mol. The van der Waals surface area contributed by atoms with Gasteiger partial charge >= 0.3 is 0 Å². The second-order valence-corrected chi connectivity index (χ2v) is 5.75. The van der Waals surface area contributed by atoms with Crippen molar-refractivity contribution in [2.45, 2.75) is 32.2 Å². The summed E-state index contributed by atoms with van der Waals surface area (Å²) in [5.41, 5.74) is 2.46. The minimum atomic E-state index is 0.343. The van der Waals surface area contributed by atoms with E-state index < -0.39 is 0 Å². The van der Waals surface area contributed by atoms with Crippen LogP contribution in [0.3, 0.4) is 0 Å². The van der Waals surface area contributed by atoms with Crippen LogP contribution >= 0.6 is 23.4 Å². The van der Waals surface area contributed by atoms with Crippen molar-refractivity contribution >= 4 is 23.4 Å². The van der Waals surface area contributed by atoms with E-state index in [9.17, 15) is 0 Å². The van der Waals surface area contributed by atoms with E-state index in [1.54, 1.807) is 0 Å². The molecule has 0 bridgehead atoms. The van der Waals surface area contributed by atoms with E-state index in [1.807, 2.05) is 11.8 Å². The Morgan fingerprint density at radius 2 is 2.40 bits per heavy atom. The van der Waals surface area contributed by atoms with Crippen molar-refractivity contribution in [1.82, 2.24) is 9.78 Å². The molecule has 1 fully saturated rings. The monoisotopic (exact) mass is 244 g/mol. The molecule has 4 heteroatoms. The summed E-state index contributed by atoms with van der Waals surface area (Å²) in [6.07, 6.45) is 1.08. The molecule has 2 atom stereocenters. The van der Waals surface area contributed by atoms with Crippen molar-refractivity contribution in [3.8, 4) is 0 Å². The second-order valence-electron chi connectivity index (χ2n) is 4.11. The zero-order valence-corrected chi connectivity index (χ0v) is 10.8. The average molecular weight is 245 g/mol. The lowest BCUT2D eigenvalue weighted by atomic mass is 10.0. The summed E-state index contributed by atoms with van der Waals surface area (Å²) in [5.74, 6) is 2.92. The van der Waals surface area contributed by atoms with Gasteiger partial charge in [0.25, 0.3) is 0 Å². The molecule has 1 aromatic rings. The fraction of sp³-hybridized carbons (Fsp3) is 0.727. The number of nitrogens with zero attached hydrogens (tertiary/aromatic N) is 2. The Labute approximate surface area is 100 Å². The molecule has 0 spiro atoms. The predicted octanol–water partition coefficient (Wildman–Crippen LogP) is 2.72. The molecule has 1 aliphatic heterocycles. The fourth-order valence-electron chi connectivity index (χ4n) is 2.07. The third kappa shape index (κ3) is 2.51. The predicted molar refractivity (Wildman–Crippen MR) is 66.8 cm³/mol. The Bertz CT molecular complexity index is 337. The zero-order valence-electron chi connectivity index (χ0n) is 9.24. The number of hydrogen-bond acceptors (Lipinski definition) is 2. The molecule has 2 heterocycles. The molecule has 84 valence electrons. The molecule has 2 unspecified atom stereocenters. The van der Waals surface area contributed by atoms with Gasteiger partial charge in [-0.15, -0.1) is 11.6 Å². The maximum Gasteiger partial charge on any atom is 0.0596 e. The number of alkyl halides is 1. The molecule has 0 N–H and O–H groups in total. The van der Waals surface area contributed by atoms with Gasteiger partial charge in [-0.1, -0.05) is 0 Å². The minimum Gasteiger partial charge on any atom is -0.270 e. The van der Waals surface area contributed by atoms with E-state index in [1.165, 1.54) is 11.4 Å². The first-order valence-corrected chi connectivity index (χ1v) is 7.05. The number of halogens is 1. The lowest BCUT2D eigenvalue weighted by molar-refractivity contribution is 0.542. The molecule has 0 aromatic carbocycles. The Hall–Kier alpha value is -0.150. The highest BCUT2D eigenvalue weighted by Crippen LogP contribution is 2.31. The molecule has 0 amide bonds. The standard InChI is InChI=1S/C11H17ClN2S/c1-3-14-10(4-8(2)13-14)5-9-6-15-7-11(9)12/h4,9,11H,3,5-7H2,1-2H3. The molecule has 0 radical (unpaired) electrons. The molecular formula is C11H17ClN2S. The van der Waals surface area contributed by atoms with Crippen LogP contribution in [0.15, 0.2) is 6.07 Å². The molecule has 2 rings (SSSR count). The lowest BCUT2D eigenvalue weighted by Crippen LogP contribution is -2.17. The van der Waals surface area contributed by atoms with E-state index in [0.29, 0.717) is 11.3 Å². The Morgan fingerprint density at radius 3 is 3.00 bits per heavy atom. The average Bonchev–Trinajstić information content (AvgIpc) is 2.75. The third-order valence-corrected chi connectivity index (χ3v) is 4.83. The van der Waals surface area contributed by atoms with Crippen molar-refractivity contribution in [2.24, 2.45) is 5.92 Å². The number of rotatable bonds is 3. The van der Waals surface area contributed by atoms with Gasteiger partial charge in [-0.2, -0.15) is 16.9 Å².